The van der Waals surface area contributed by atoms with Crippen molar-refractivity contribution in [3.05, 3.63) is 0 Å². The predicted octanol–water partition coefficient (Wildman–Crippen LogP) is -2.86. The maximum atomic E-state index is 11.7. The highest BCUT2D eigenvalue weighted by atomic mass is 16.5. The smallest absolute Gasteiger partial charge is 0.220 e. The average Bonchev–Trinajstić information content (AvgIpc) is 2.75. The molecule has 4 N–H and O–H groups in total. The van der Waals surface area contributed by atoms with E-state index in [9.17, 15) is 19.2 Å². The van der Waals surface area contributed by atoms with E-state index in [1.165, 1.54) is 15.7 Å². The Bertz CT molecular complexity index is 512. The van der Waals surface area contributed by atoms with E-state index < -0.39 is 0 Å². The topological polar surface area (TPSA) is 153 Å². The van der Waals surface area contributed by atoms with E-state index in [1.807, 2.05) is 0 Å². The second-order valence-corrected chi connectivity index (χ2v) is 6.97. The highest BCUT2D eigenvalue weighted by Crippen LogP contribution is 1.95. The van der Waals surface area contributed by atoms with Crippen LogP contribution in [0.15, 0.2) is 0 Å². The zero-order valence-corrected chi connectivity index (χ0v) is 19.9. The van der Waals surface area contributed by atoms with Crippen LogP contribution in [0.25, 0.3) is 0 Å². The van der Waals surface area contributed by atoms with Crippen LogP contribution < -0.4 is 21.3 Å². The van der Waals surface area contributed by atoms with Gasteiger partial charge < -0.3 is 40.2 Å². The molecule has 0 aromatic carbocycles. The Morgan fingerprint density at radius 1 is 0.485 bits per heavy atom. The first-order chi connectivity index (χ1) is 15.9. The van der Waals surface area contributed by atoms with E-state index in [4.69, 9.17) is 18.9 Å². The van der Waals surface area contributed by atoms with E-state index in [1.54, 1.807) is 0 Å². The number of rotatable bonds is 22. The number of amides is 4. The van der Waals surface area contributed by atoms with Gasteiger partial charge >= 0.3 is 0 Å². The SMILES string of the molecule is BC(=O)NCCOCCOCCNC(=O)CCCC(=O)NCCOCCOCCNC(B)=O. The van der Waals surface area contributed by atoms with Crippen molar-refractivity contribution in [3.63, 3.8) is 0 Å². The molecule has 0 heterocycles. The summed E-state index contributed by atoms with van der Waals surface area (Å²) in [7, 11) is 2.90. The van der Waals surface area contributed by atoms with Gasteiger partial charge in [0.25, 0.3) is 0 Å². The molecule has 0 aromatic heterocycles. The molecule has 0 atom stereocenters. The molecule has 0 saturated carbocycles. The van der Waals surface area contributed by atoms with Crippen molar-refractivity contribution >= 4 is 39.1 Å². The number of carbonyl (C=O) groups excluding carboxylic acids is 4. The van der Waals surface area contributed by atoms with Crippen LogP contribution in [0.5, 0.6) is 0 Å². The number of hydrogen-bond acceptors (Lipinski definition) is 8. The number of nitrogens with one attached hydrogen (secondary N) is 4. The van der Waals surface area contributed by atoms with Gasteiger partial charge in [-0.2, -0.15) is 0 Å². The Kier molecular flexibility index (Phi) is 21.5. The number of ether oxygens (including phenoxy) is 4. The van der Waals surface area contributed by atoms with Crippen LogP contribution in [-0.4, -0.2) is 118 Å². The van der Waals surface area contributed by atoms with Crippen molar-refractivity contribution < 1.29 is 38.1 Å². The van der Waals surface area contributed by atoms with Gasteiger partial charge in [0.15, 0.2) is 11.6 Å². The van der Waals surface area contributed by atoms with Crippen LogP contribution in [0.3, 0.4) is 0 Å². The fourth-order valence-corrected chi connectivity index (χ4v) is 2.35. The quantitative estimate of drug-likeness (QED) is 0.0970. The third kappa shape index (κ3) is 26.0. The minimum atomic E-state index is -0.125. The summed E-state index contributed by atoms with van der Waals surface area (Å²) in [4.78, 5) is 44.8. The Hall–Kier alpha value is -2.15. The molecule has 4 amide bonds. The first-order valence-electron chi connectivity index (χ1n) is 11.2. The summed E-state index contributed by atoms with van der Waals surface area (Å²) in [6, 6.07) is 0. The van der Waals surface area contributed by atoms with Gasteiger partial charge in [-0.15, -0.1) is 0 Å². The van der Waals surface area contributed by atoms with Gasteiger partial charge in [-0.25, -0.2) is 0 Å². The van der Waals surface area contributed by atoms with E-state index in [-0.39, 0.29) is 36.3 Å². The van der Waals surface area contributed by atoms with Gasteiger partial charge in [0, 0.05) is 39.0 Å². The first kappa shape index (κ1) is 30.8. The summed E-state index contributed by atoms with van der Waals surface area (Å²) in [6.07, 6.45) is 1.00. The molecule has 0 rings (SSSR count). The van der Waals surface area contributed by atoms with E-state index in [0.717, 1.165) is 0 Å². The molecule has 0 aromatic rings. The fourth-order valence-electron chi connectivity index (χ4n) is 2.35. The molecule has 0 aliphatic heterocycles. The summed E-state index contributed by atoms with van der Waals surface area (Å²) in [5.41, 5.74) is 0. The van der Waals surface area contributed by atoms with Crippen LogP contribution in [0.1, 0.15) is 19.3 Å². The van der Waals surface area contributed by atoms with Gasteiger partial charge in [-0.1, -0.05) is 0 Å². The van der Waals surface area contributed by atoms with Crippen molar-refractivity contribution in [2.24, 2.45) is 0 Å². The standard InChI is InChI=1S/C19H38B2N4O8/c20-18(28)24-6-10-32-14-12-30-8-4-22-16(26)2-1-3-17(27)23-5-9-31-13-15-33-11-7-25-19(21)29/h1-15,20-21H2,(H,22,26)(H,23,27)(H,24,28)(H,25,29). The molecule has 33 heavy (non-hydrogen) atoms. The fraction of sp³-hybridized carbons (Fsp3) is 0.789. The summed E-state index contributed by atoms with van der Waals surface area (Å²) < 4.78 is 21.2. The largest absolute Gasteiger partial charge is 0.377 e. The van der Waals surface area contributed by atoms with Crippen molar-refractivity contribution in [3.8, 4) is 0 Å². The summed E-state index contributed by atoms with van der Waals surface area (Å²) >= 11 is 0. The lowest BCUT2D eigenvalue weighted by atomic mass is 10.1. The van der Waals surface area contributed by atoms with Gasteiger partial charge in [0.2, 0.25) is 27.5 Å². The Morgan fingerprint density at radius 2 is 0.788 bits per heavy atom. The number of hydrogen-bond donors (Lipinski definition) is 4. The normalized spacial score (nSPS) is 10.4. The third-order valence-electron chi connectivity index (χ3n) is 3.93. The molecular formula is C19H38B2N4O8. The molecule has 188 valence electrons. The van der Waals surface area contributed by atoms with Crippen molar-refractivity contribution in [1.82, 2.24) is 21.3 Å². The monoisotopic (exact) mass is 472 g/mol. The van der Waals surface area contributed by atoms with E-state index >= 15 is 0 Å². The molecule has 14 heteroatoms. The van der Waals surface area contributed by atoms with Crippen LogP contribution in [-0.2, 0) is 28.5 Å². The van der Waals surface area contributed by atoms with Crippen molar-refractivity contribution in [2.45, 2.75) is 19.3 Å². The minimum Gasteiger partial charge on any atom is -0.377 e. The Labute approximate surface area is 197 Å². The van der Waals surface area contributed by atoms with Gasteiger partial charge in [0.05, 0.1) is 52.9 Å². The van der Waals surface area contributed by atoms with E-state index in [0.29, 0.717) is 85.5 Å². The Morgan fingerprint density at radius 3 is 1.09 bits per heavy atom. The second kappa shape index (κ2) is 23.0. The predicted molar refractivity (Wildman–Crippen MR) is 127 cm³/mol. The number of carbonyl (C=O) groups is 4. The molecular weight excluding hydrogens is 434 g/mol. The van der Waals surface area contributed by atoms with Gasteiger partial charge in [0.1, 0.15) is 0 Å². The van der Waals surface area contributed by atoms with E-state index in [2.05, 4.69) is 21.3 Å². The lowest BCUT2D eigenvalue weighted by Crippen LogP contribution is -2.29. The second-order valence-electron chi connectivity index (χ2n) is 6.97. The molecule has 0 aliphatic rings. The lowest BCUT2D eigenvalue weighted by Gasteiger charge is -2.08. The van der Waals surface area contributed by atoms with Crippen LogP contribution in [0, 0.1) is 0 Å². The first-order valence-corrected chi connectivity index (χ1v) is 11.2. The molecule has 0 unspecified atom stereocenters. The molecule has 0 bridgehead atoms. The molecule has 12 nitrogen and oxygen atoms in total. The van der Waals surface area contributed by atoms with Crippen molar-refractivity contribution in [1.29, 1.82) is 0 Å². The zero-order chi connectivity index (χ0) is 24.6. The zero-order valence-electron chi connectivity index (χ0n) is 19.9. The summed E-state index contributed by atoms with van der Waals surface area (Å²) in [5, 5.41) is 10.7. The molecule has 0 saturated heterocycles. The maximum absolute atomic E-state index is 11.7. The van der Waals surface area contributed by atoms with Crippen molar-refractivity contribution in [2.75, 3.05) is 79.0 Å². The molecule has 0 fully saturated rings. The molecule has 0 spiro atoms. The van der Waals surface area contributed by atoms with Crippen LogP contribution in [0.4, 0.5) is 9.59 Å². The highest BCUT2D eigenvalue weighted by Gasteiger charge is 2.05. The summed E-state index contributed by atoms with van der Waals surface area (Å²) in [5.74, 6) is -0.433. The third-order valence-corrected chi connectivity index (χ3v) is 3.93. The molecule has 0 aliphatic carbocycles. The maximum Gasteiger partial charge on any atom is 0.220 e. The van der Waals surface area contributed by atoms with Crippen LogP contribution >= 0.6 is 0 Å². The Balaban J connectivity index is 3.33. The lowest BCUT2D eigenvalue weighted by molar-refractivity contribution is -0.122. The van der Waals surface area contributed by atoms with Gasteiger partial charge in [-0.3, -0.25) is 19.2 Å². The van der Waals surface area contributed by atoms with Gasteiger partial charge in [-0.05, 0) is 6.42 Å². The molecule has 0 radical (unpaired) electrons. The van der Waals surface area contributed by atoms with Crippen LogP contribution in [0.2, 0.25) is 0 Å². The minimum absolute atomic E-state index is 0.0911. The highest BCUT2D eigenvalue weighted by molar-refractivity contribution is 6.57. The summed E-state index contributed by atoms with van der Waals surface area (Å²) in [6.45, 7) is 4.99. The average molecular weight is 472 g/mol.